The van der Waals surface area contributed by atoms with Crippen LogP contribution in [0.15, 0.2) is 18.2 Å². The lowest BCUT2D eigenvalue weighted by atomic mass is 10.3. The Labute approximate surface area is 108 Å². The molecule has 2 N–H and O–H groups in total. The topological polar surface area (TPSA) is 89.8 Å². The van der Waals surface area contributed by atoms with Crippen LogP contribution in [0.1, 0.15) is 0 Å². The van der Waals surface area contributed by atoms with Crippen LogP contribution in [0.5, 0.6) is 5.75 Å². The van der Waals surface area contributed by atoms with Gasteiger partial charge in [-0.3, -0.25) is 0 Å². The lowest BCUT2D eigenvalue weighted by molar-refractivity contribution is -0.271. The molecule has 7 heteroatoms. The van der Waals surface area contributed by atoms with Gasteiger partial charge in [0, 0.05) is 0 Å². The maximum Gasteiger partial charge on any atom is 0.257 e. The Balaban J connectivity index is 3.50. The fourth-order valence-corrected chi connectivity index (χ4v) is 6.40. The number of hydrogen-bond acceptors (Lipinski definition) is 5. The third kappa shape index (κ3) is 3.42. The van der Waals surface area contributed by atoms with Gasteiger partial charge in [0.25, 0.3) is 6.16 Å². The van der Waals surface area contributed by atoms with Gasteiger partial charge in [-0.15, -0.1) is 0 Å². The van der Waals surface area contributed by atoms with E-state index in [2.05, 4.69) is 4.74 Å². The lowest BCUT2D eigenvalue weighted by Gasteiger charge is -2.28. The third-order valence-electron chi connectivity index (χ3n) is 2.49. The molecule has 0 aliphatic rings. The summed E-state index contributed by atoms with van der Waals surface area (Å²) in [6, 6.07) is 4.76. The van der Waals surface area contributed by atoms with E-state index in [1.54, 1.807) is 38.3 Å². The predicted octanol–water partition coefficient (Wildman–Crippen LogP) is -0.783. The van der Waals surface area contributed by atoms with Crippen LogP contribution in [0.4, 0.5) is 4.79 Å². The average molecular weight is 285 g/mol. The van der Waals surface area contributed by atoms with Gasteiger partial charge in [-0.1, -0.05) is 12.1 Å². The van der Waals surface area contributed by atoms with Crippen molar-refractivity contribution in [3.8, 4) is 5.75 Å². The van der Waals surface area contributed by atoms with E-state index in [-0.39, 0.29) is 5.75 Å². The zero-order chi connectivity index (χ0) is 14.1. The Kier molecular flexibility index (Phi) is 4.01. The minimum absolute atomic E-state index is 0.0568. The van der Waals surface area contributed by atoms with Gasteiger partial charge in [-0.25, -0.2) is 0 Å². The molecule has 0 bridgehead atoms. The van der Waals surface area contributed by atoms with Crippen molar-refractivity contribution in [1.29, 1.82) is 0 Å². The second-order valence-corrected chi connectivity index (χ2v) is 12.4. The summed E-state index contributed by atoms with van der Waals surface area (Å²) in [6.07, 6.45) is -1.68. The van der Waals surface area contributed by atoms with Crippen molar-refractivity contribution >= 4 is 33.2 Å². The van der Waals surface area contributed by atoms with Crippen molar-refractivity contribution in [3.63, 3.8) is 0 Å². The van der Waals surface area contributed by atoms with Gasteiger partial charge in [0.1, 0.15) is 0 Å². The minimum atomic E-state index is -2.84. The van der Waals surface area contributed by atoms with E-state index in [0.717, 1.165) is 0 Å². The van der Waals surface area contributed by atoms with Gasteiger partial charge in [0.2, 0.25) is 16.6 Å². The molecule has 0 spiro atoms. The normalized spacial score (nSPS) is 12.3. The van der Waals surface area contributed by atoms with E-state index < -0.39 is 22.8 Å². The van der Waals surface area contributed by atoms with Crippen molar-refractivity contribution in [2.45, 2.75) is 26.2 Å². The highest BCUT2D eigenvalue weighted by Crippen LogP contribution is 2.13. The summed E-state index contributed by atoms with van der Waals surface area (Å²) < 4.78 is 4.60. The van der Waals surface area contributed by atoms with Gasteiger partial charge < -0.3 is 24.2 Å². The molecule has 5 nitrogen and oxygen atoms in total. The molecule has 0 heterocycles. The van der Waals surface area contributed by atoms with E-state index in [4.69, 9.17) is 0 Å². The van der Waals surface area contributed by atoms with E-state index in [1.165, 1.54) is 6.07 Å². The van der Waals surface area contributed by atoms with Crippen LogP contribution in [0.25, 0.3) is 0 Å². The number of ether oxygens (including phenoxy) is 1. The fourth-order valence-electron chi connectivity index (χ4n) is 1.85. The molecule has 1 aromatic rings. The largest absolute Gasteiger partial charge is 0.514 e. The van der Waals surface area contributed by atoms with Crippen molar-refractivity contribution in [2.75, 3.05) is 0 Å². The van der Waals surface area contributed by atoms with Crippen LogP contribution in [0.2, 0.25) is 26.2 Å². The Morgan fingerprint density at radius 3 is 2.11 bits per heavy atom. The number of rotatable bonds is 3. The van der Waals surface area contributed by atoms with E-state index in [9.17, 15) is 19.5 Å². The van der Waals surface area contributed by atoms with E-state index in [1.807, 2.05) is 0 Å². The van der Waals surface area contributed by atoms with Crippen LogP contribution in [-0.4, -0.2) is 32.4 Å². The molecule has 0 aromatic heterocycles. The molecule has 18 heavy (non-hydrogen) atoms. The highest BCUT2D eigenvalue weighted by Gasteiger charge is 2.33. The van der Waals surface area contributed by atoms with Gasteiger partial charge in [-0.05, 0) is 42.6 Å². The average Bonchev–Trinajstić information content (AvgIpc) is 2.13. The minimum Gasteiger partial charge on any atom is -0.514 e. The molecule has 0 atom stereocenters. The Morgan fingerprint density at radius 2 is 1.72 bits per heavy atom. The molecule has 100 valence electrons. The number of carboxylic acid groups (broad SMARTS) is 1. The Bertz CT molecular complexity index is 459. The fraction of sp³-hybridized carbons (Fsp3) is 0.364. The van der Waals surface area contributed by atoms with E-state index in [0.29, 0.717) is 10.4 Å². The second-order valence-electron chi connectivity index (χ2n) is 5.15. The standard InChI is InChI=1S/C11H18O5Si2/c1-17(2,14)9-7-5-6-8(16-11(12)13)10(9)18(3,4)15/h5-7,14-15H,1-4H3,(H,12,13)/p-1. The Hall–Kier alpha value is -1.16. The summed E-state index contributed by atoms with van der Waals surface area (Å²) in [4.78, 5) is 31.1. The highest BCUT2D eigenvalue weighted by molar-refractivity contribution is 6.94. The van der Waals surface area contributed by atoms with Gasteiger partial charge in [0.05, 0.1) is 5.75 Å². The molecule has 0 saturated heterocycles. The monoisotopic (exact) mass is 285 g/mol. The molecule has 0 amide bonds. The van der Waals surface area contributed by atoms with Crippen molar-refractivity contribution in [1.82, 2.24) is 0 Å². The molecule has 0 aliphatic carbocycles. The highest BCUT2D eigenvalue weighted by atomic mass is 28.4. The number of carbonyl (C=O) groups excluding carboxylic acids is 1. The third-order valence-corrected chi connectivity index (χ3v) is 6.21. The molecule has 0 unspecified atom stereocenters. The summed E-state index contributed by atoms with van der Waals surface area (Å²) >= 11 is 0. The van der Waals surface area contributed by atoms with Gasteiger partial charge in [0.15, 0.2) is 0 Å². The summed E-state index contributed by atoms with van der Waals surface area (Å²) in [6.45, 7) is 6.70. The van der Waals surface area contributed by atoms with Gasteiger partial charge >= 0.3 is 0 Å². The SMILES string of the molecule is C[Si](C)(O)c1cccc(OC(=O)[O-])c1[Si](C)(C)O. The molecule has 0 saturated carbocycles. The molecular formula is C11H17O5Si2-. The molecule has 0 radical (unpaired) electrons. The van der Waals surface area contributed by atoms with Crippen LogP contribution >= 0.6 is 0 Å². The van der Waals surface area contributed by atoms with Crippen LogP contribution < -0.4 is 20.2 Å². The quantitative estimate of drug-likeness (QED) is 0.432. The maximum absolute atomic E-state index is 10.6. The Morgan fingerprint density at radius 1 is 1.17 bits per heavy atom. The molecule has 0 fully saturated rings. The van der Waals surface area contributed by atoms with Crippen molar-refractivity contribution < 1.29 is 24.2 Å². The smallest absolute Gasteiger partial charge is 0.257 e. The van der Waals surface area contributed by atoms with Crippen LogP contribution in [0.3, 0.4) is 0 Å². The first-order valence-corrected chi connectivity index (χ1v) is 11.4. The summed E-state index contributed by atoms with van der Waals surface area (Å²) in [5, 5.41) is 11.6. The molecule has 0 aliphatic heterocycles. The summed E-state index contributed by atoms with van der Waals surface area (Å²) in [5.41, 5.74) is 0. The first-order chi connectivity index (χ1) is 8.03. The van der Waals surface area contributed by atoms with Crippen molar-refractivity contribution in [2.24, 2.45) is 0 Å². The van der Waals surface area contributed by atoms with Crippen LogP contribution in [0, 0.1) is 0 Å². The second kappa shape index (κ2) is 4.84. The molecular weight excluding hydrogens is 268 g/mol. The van der Waals surface area contributed by atoms with E-state index >= 15 is 0 Å². The number of benzene rings is 1. The van der Waals surface area contributed by atoms with Gasteiger partial charge in [-0.2, -0.15) is 0 Å². The number of carbonyl (C=O) groups is 1. The first-order valence-electron chi connectivity index (χ1n) is 5.51. The number of hydrogen-bond donors (Lipinski definition) is 2. The summed E-state index contributed by atoms with van der Waals surface area (Å²) in [7, 11) is -5.53. The molecule has 1 rings (SSSR count). The summed E-state index contributed by atoms with van der Waals surface area (Å²) in [5.74, 6) is 0.0568. The molecule has 1 aromatic carbocycles. The predicted molar refractivity (Wildman–Crippen MR) is 71.1 cm³/mol. The van der Waals surface area contributed by atoms with Crippen LogP contribution in [-0.2, 0) is 0 Å². The zero-order valence-electron chi connectivity index (χ0n) is 10.9. The zero-order valence-corrected chi connectivity index (χ0v) is 12.9. The van der Waals surface area contributed by atoms with Crippen molar-refractivity contribution in [3.05, 3.63) is 18.2 Å². The first kappa shape index (κ1) is 14.9. The maximum atomic E-state index is 10.6. The lowest BCUT2D eigenvalue weighted by Crippen LogP contribution is -2.59.